The van der Waals surface area contributed by atoms with Crippen LogP contribution in [0, 0.1) is 5.41 Å². The minimum atomic E-state index is -0.177. The molecule has 0 aromatic rings. The summed E-state index contributed by atoms with van der Waals surface area (Å²) in [7, 11) is 0. The van der Waals surface area contributed by atoms with Crippen LogP contribution in [0.25, 0.3) is 0 Å². The zero-order valence-electron chi connectivity index (χ0n) is 10.5. The van der Waals surface area contributed by atoms with E-state index >= 15 is 0 Å². The summed E-state index contributed by atoms with van der Waals surface area (Å²) in [6, 6.07) is 1.34. The lowest BCUT2D eigenvalue weighted by atomic mass is 9.87. The zero-order chi connectivity index (χ0) is 12.0. The van der Waals surface area contributed by atoms with Crippen LogP contribution >= 0.6 is 15.9 Å². The normalized spacial score (nSPS) is 20.7. The third kappa shape index (κ3) is 4.96. The molecule has 0 bridgehead atoms. The molecule has 1 saturated carbocycles. The van der Waals surface area contributed by atoms with E-state index in [1.165, 1.54) is 32.1 Å². The average molecular weight is 291 g/mol. The van der Waals surface area contributed by atoms with Gasteiger partial charge in [0.1, 0.15) is 6.29 Å². The maximum absolute atomic E-state index is 10.9. The first kappa shape index (κ1) is 14.2. The monoisotopic (exact) mass is 290 g/mol. The molecule has 0 saturated heterocycles. The lowest BCUT2D eigenvalue weighted by Crippen LogP contribution is -2.96. The second-order valence-electron chi connectivity index (χ2n) is 5.82. The van der Waals surface area contributed by atoms with Crippen LogP contribution in [0.5, 0.6) is 0 Å². The Morgan fingerprint density at radius 1 is 1.38 bits per heavy atom. The molecule has 3 heteroatoms. The molecule has 1 aliphatic rings. The number of carbonyl (C=O) groups excluding carboxylic acids is 1. The first-order valence-corrected chi connectivity index (χ1v) is 7.57. The summed E-state index contributed by atoms with van der Waals surface area (Å²) in [6.45, 7) is 4.06. The van der Waals surface area contributed by atoms with E-state index in [0.29, 0.717) is 6.04 Å². The van der Waals surface area contributed by atoms with Crippen LogP contribution in [0.3, 0.4) is 0 Å². The number of hydrogen-bond donors (Lipinski definition) is 1. The number of nitrogens with two attached hydrogens (primary N) is 1. The molecule has 1 rings (SSSR count). The van der Waals surface area contributed by atoms with Crippen molar-refractivity contribution >= 4 is 22.2 Å². The maximum Gasteiger partial charge on any atom is 0.125 e. The van der Waals surface area contributed by atoms with Crippen molar-refractivity contribution in [3.63, 3.8) is 0 Å². The molecule has 1 unspecified atom stereocenters. The van der Waals surface area contributed by atoms with Gasteiger partial charge in [0, 0.05) is 11.8 Å². The molecule has 1 atom stereocenters. The topological polar surface area (TPSA) is 33.7 Å². The molecule has 1 aliphatic carbocycles. The fraction of sp³-hybridized carbons (Fsp3) is 0.923. The number of rotatable bonds is 6. The molecule has 2 nitrogen and oxygen atoms in total. The van der Waals surface area contributed by atoms with Crippen molar-refractivity contribution in [2.75, 3.05) is 5.33 Å². The van der Waals surface area contributed by atoms with Gasteiger partial charge in [0.05, 0.1) is 17.4 Å². The van der Waals surface area contributed by atoms with Crippen LogP contribution in [0.2, 0.25) is 0 Å². The highest BCUT2D eigenvalue weighted by Gasteiger charge is 2.27. The number of halogens is 1. The molecular weight excluding hydrogens is 266 g/mol. The van der Waals surface area contributed by atoms with Gasteiger partial charge in [0.2, 0.25) is 0 Å². The van der Waals surface area contributed by atoms with Gasteiger partial charge in [-0.25, -0.2) is 0 Å². The standard InChI is InChI=1S/C13H24BrNO/c1-13(2,10-16)8-12(9-14)15-11-6-4-3-5-7-11/h10-12,15H,3-9H2,1-2H3/p+1. The summed E-state index contributed by atoms with van der Waals surface area (Å²) in [6.07, 6.45) is 8.94. The Hall–Kier alpha value is 0.110. The van der Waals surface area contributed by atoms with Crippen LogP contribution in [0.1, 0.15) is 52.4 Å². The van der Waals surface area contributed by atoms with E-state index < -0.39 is 0 Å². The fourth-order valence-electron chi connectivity index (χ4n) is 2.61. The Bertz CT molecular complexity index is 212. The Morgan fingerprint density at radius 2 is 2.00 bits per heavy atom. The molecule has 1 fully saturated rings. The number of aldehydes is 1. The second-order valence-corrected chi connectivity index (χ2v) is 6.46. The third-order valence-corrected chi connectivity index (χ3v) is 4.33. The van der Waals surface area contributed by atoms with E-state index in [1.54, 1.807) is 0 Å². The first-order valence-electron chi connectivity index (χ1n) is 6.44. The predicted octanol–water partition coefficient (Wildman–Crippen LogP) is 2.26. The first-order chi connectivity index (χ1) is 7.57. The van der Waals surface area contributed by atoms with Crippen molar-refractivity contribution in [2.24, 2.45) is 5.41 Å². The van der Waals surface area contributed by atoms with Gasteiger partial charge < -0.3 is 10.1 Å². The molecule has 0 radical (unpaired) electrons. The highest BCUT2D eigenvalue weighted by molar-refractivity contribution is 9.09. The Kier molecular flexibility index (Phi) is 5.98. The van der Waals surface area contributed by atoms with Crippen LogP contribution in [0.15, 0.2) is 0 Å². The lowest BCUT2D eigenvalue weighted by molar-refractivity contribution is -0.721. The van der Waals surface area contributed by atoms with E-state index in [1.807, 2.05) is 13.8 Å². The van der Waals surface area contributed by atoms with Crippen molar-refractivity contribution in [2.45, 2.75) is 64.5 Å². The maximum atomic E-state index is 10.9. The largest absolute Gasteiger partial charge is 0.341 e. The molecule has 0 aliphatic heterocycles. The van der Waals surface area contributed by atoms with Gasteiger partial charge in [-0.3, -0.25) is 0 Å². The summed E-state index contributed by atoms with van der Waals surface area (Å²) in [5, 5.41) is 3.49. The highest BCUT2D eigenvalue weighted by atomic mass is 79.9. The summed E-state index contributed by atoms with van der Waals surface area (Å²) in [5.41, 5.74) is -0.177. The molecule has 0 heterocycles. The van der Waals surface area contributed by atoms with E-state index in [4.69, 9.17) is 0 Å². The molecule has 0 spiro atoms. The van der Waals surface area contributed by atoms with Crippen molar-refractivity contribution in [3.8, 4) is 0 Å². The molecule has 16 heavy (non-hydrogen) atoms. The highest BCUT2D eigenvalue weighted by Crippen LogP contribution is 2.20. The number of alkyl halides is 1. The average Bonchev–Trinajstić information content (AvgIpc) is 2.29. The molecule has 0 aromatic carbocycles. The van der Waals surface area contributed by atoms with Gasteiger partial charge in [-0.2, -0.15) is 0 Å². The molecule has 0 aromatic heterocycles. The molecule has 94 valence electrons. The number of hydrogen-bond acceptors (Lipinski definition) is 1. The SMILES string of the molecule is CC(C)(C=O)CC(CBr)[NH2+]C1CCCCC1. The number of quaternary nitrogens is 1. The number of carbonyl (C=O) groups is 1. The summed E-state index contributed by atoms with van der Waals surface area (Å²) in [5.74, 6) is 0. The van der Waals surface area contributed by atoms with Crippen molar-refractivity contribution in [1.82, 2.24) is 0 Å². The van der Waals surface area contributed by atoms with Crippen molar-refractivity contribution in [3.05, 3.63) is 0 Å². The fourth-order valence-corrected chi connectivity index (χ4v) is 3.05. The van der Waals surface area contributed by atoms with Gasteiger partial charge >= 0.3 is 0 Å². The van der Waals surface area contributed by atoms with E-state index in [2.05, 4.69) is 21.2 Å². The minimum Gasteiger partial charge on any atom is -0.341 e. The summed E-state index contributed by atoms with van der Waals surface area (Å²) in [4.78, 5) is 10.9. The second kappa shape index (κ2) is 6.75. The van der Waals surface area contributed by atoms with Gasteiger partial charge in [-0.15, -0.1) is 0 Å². The van der Waals surface area contributed by atoms with E-state index in [0.717, 1.165) is 24.1 Å². The predicted molar refractivity (Wildman–Crippen MR) is 70.8 cm³/mol. The third-order valence-electron chi connectivity index (χ3n) is 3.50. The summed E-state index contributed by atoms with van der Waals surface area (Å²) < 4.78 is 0. The van der Waals surface area contributed by atoms with Gasteiger partial charge in [0.25, 0.3) is 0 Å². The Balaban J connectivity index is 2.38. The van der Waals surface area contributed by atoms with Crippen molar-refractivity contribution in [1.29, 1.82) is 0 Å². The van der Waals surface area contributed by atoms with E-state index in [-0.39, 0.29) is 5.41 Å². The lowest BCUT2D eigenvalue weighted by Gasteiger charge is -2.27. The van der Waals surface area contributed by atoms with Crippen LogP contribution < -0.4 is 5.32 Å². The van der Waals surface area contributed by atoms with Crippen LogP contribution in [0.4, 0.5) is 0 Å². The van der Waals surface area contributed by atoms with Crippen molar-refractivity contribution < 1.29 is 10.1 Å². The smallest absolute Gasteiger partial charge is 0.125 e. The van der Waals surface area contributed by atoms with Crippen LogP contribution in [-0.4, -0.2) is 23.7 Å². The van der Waals surface area contributed by atoms with Crippen LogP contribution in [-0.2, 0) is 4.79 Å². The minimum absolute atomic E-state index is 0.177. The van der Waals surface area contributed by atoms with Gasteiger partial charge in [-0.1, -0.05) is 36.2 Å². The Morgan fingerprint density at radius 3 is 2.50 bits per heavy atom. The molecular formula is C13H25BrNO+. The molecule has 2 N–H and O–H groups in total. The van der Waals surface area contributed by atoms with Gasteiger partial charge in [0.15, 0.2) is 0 Å². The zero-order valence-corrected chi connectivity index (χ0v) is 12.1. The summed E-state index contributed by atoms with van der Waals surface area (Å²) >= 11 is 3.58. The quantitative estimate of drug-likeness (QED) is 0.591. The molecule has 0 amide bonds. The van der Waals surface area contributed by atoms with E-state index in [9.17, 15) is 4.79 Å². The van der Waals surface area contributed by atoms with Gasteiger partial charge in [-0.05, 0) is 25.7 Å². The Labute approximate surface area is 108 Å².